The molecule has 0 saturated heterocycles. The van der Waals surface area contributed by atoms with Gasteiger partial charge in [-0.05, 0) is 38.0 Å². The Labute approximate surface area is 130 Å². The minimum Gasteiger partial charge on any atom is -0.465 e. The Morgan fingerprint density at radius 3 is 2.57 bits per heavy atom. The molecule has 0 radical (unpaired) electrons. The van der Waals surface area contributed by atoms with Crippen LogP contribution in [0.2, 0.25) is 5.02 Å². The highest BCUT2D eigenvalue weighted by Gasteiger charge is 2.42. The van der Waals surface area contributed by atoms with Crippen molar-refractivity contribution in [3.63, 3.8) is 0 Å². The van der Waals surface area contributed by atoms with E-state index in [-0.39, 0.29) is 5.97 Å². The third-order valence-corrected chi connectivity index (χ3v) is 4.38. The van der Waals surface area contributed by atoms with E-state index >= 15 is 0 Å². The van der Waals surface area contributed by atoms with E-state index in [2.05, 4.69) is 4.98 Å². The molecule has 1 heterocycles. The molecule has 0 aliphatic heterocycles. The first-order chi connectivity index (χ1) is 10.00. The summed E-state index contributed by atoms with van der Waals surface area (Å²) in [4.78, 5) is 17.2. The Morgan fingerprint density at radius 2 is 2.00 bits per heavy atom. The van der Waals surface area contributed by atoms with Crippen molar-refractivity contribution in [2.24, 2.45) is 7.05 Å². The van der Waals surface area contributed by atoms with Crippen LogP contribution in [0, 0.1) is 0 Å². The predicted octanol–water partition coefficient (Wildman–Crippen LogP) is 3.85. The number of hydrogen-bond acceptors (Lipinski definition) is 3. The maximum Gasteiger partial charge on any atom is 0.319 e. The average Bonchev–Trinajstić information content (AvgIpc) is 2.79. The molecule has 0 saturated carbocycles. The number of fused-ring (bicyclic) bond motifs is 1. The summed E-state index contributed by atoms with van der Waals surface area (Å²) >= 11 is 6.06. The second kappa shape index (κ2) is 6.06. The standard InChI is InChI=1S/C16H21ClN2O2/c1-5-16(6-2,15(20)21-7-3)14-18-12-9-8-11(17)10-13(12)19(14)4/h8-10H,5-7H2,1-4H3. The zero-order chi connectivity index (χ0) is 15.6. The van der Waals surface area contributed by atoms with Crippen LogP contribution in [0.3, 0.4) is 0 Å². The molecule has 5 heteroatoms. The van der Waals surface area contributed by atoms with Crippen molar-refractivity contribution in [1.82, 2.24) is 9.55 Å². The van der Waals surface area contributed by atoms with Gasteiger partial charge in [0, 0.05) is 12.1 Å². The van der Waals surface area contributed by atoms with Gasteiger partial charge in [0.1, 0.15) is 11.2 Å². The monoisotopic (exact) mass is 308 g/mol. The number of ether oxygens (including phenoxy) is 1. The molecule has 1 aromatic carbocycles. The third-order valence-electron chi connectivity index (χ3n) is 4.14. The molecule has 0 unspecified atom stereocenters. The zero-order valence-corrected chi connectivity index (χ0v) is 13.7. The van der Waals surface area contributed by atoms with E-state index in [9.17, 15) is 4.79 Å². The molecule has 0 amide bonds. The SMILES string of the molecule is CCOC(=O)C(CC)(CC)c1nc2ccc(Cl)cc2n1C. The van der Waals surface area contributed by atoms with Gasteiger partial charge in [-0.15, -0.1) is 0 Å². The molecule has 0 fully saturated rings. The van der Waals surface area contributed by atoms with Gasteiger partial charge in [-0.2, -0.15) is 0 Å². The van der Waals surface area contributed by atoms with E-state index in [0.29, 0.717) is 24.5 Å². The minimum atomic E-state index is -0.712. The molecule has 0 aliphatic carbocycles. The first-order valence-corrected chi connectivity index (χ1v) is 7.67. The summed E-state index contributed by atoms with van der Waals surface area (Å²) in [6, 6.07) is 5.56. The largest absolute Gasteiger partial charge is 0.465 e. The first-order valence-electron chi connectivity index (χ1n) is 7.29. The lowest BCUT2D eigenvalue weighted by molar-refractivity contribution is -0.151. The van der Waals surface area contributed by atoms with Crippen molar-refractivity contribution in [1.29, 1.82) is 0 Å². The highest BCUT2D eigenvalue weighted by molar-refractivity contribution is 6.31. The number of esters is 1. The van der Waals surface area contributed by atoms with Crippen LogP contribution >= 0.6 is 11.6 Å². The lowest BCUT2D eigenvalue weighted by Crippen LogP contribution is -2.38. The number of nitrogens with zero attached hydrogens (tertiary/aromatic N) is 2. The van der Waals surface area contributed by atoms with Gasteiger partial charge in [0.05, 0.1) is 17.6 Å². The first kappa shape index (κ1) is 15.8. The fourth-order valence-corrected chi connectivity index (χ4v) is 2.97. The summed E-state index contributed by atoms with van der Waals surface area (Å²) in [5.74, 6) is 0.530. The van der Waals surface area contributed by atoms with E-state index in [1.807, 2.05) is 50.6 Å². The van der Waals surface area contributed by atoms with Crippen molar-refractivity contribution in [2.75, 3.05) is 6.61 Å². The van der Waals surface area contributed by atoms with Gasteiger partial charge in [0.15, 0.2) is 0 Å². The van der Waals surface area contributed by atoms with E-state index in [1.165, 1.54) is 0 Å². The van der Waals surface area contributed by atoms with Gasteiger partial charge in [-0.3, -0.25) is 4.79 Å². The molecule has 2 rings (SSSR count). The van der Waals surface area contributed by atoms with Crippen LogP contribution < -0.4 is 0 Å². The molecule has 0 spiro atoms. The number of carbonyl (C=O) groups excluding carboxylic acids is 1. The van der Waals surface area contributed by atoms with Crippen LogP contribution in [0.25, 0.3) is 11.0 Å². The van der Waals surface area contributed by atoms with Crippen LogP contribution in [0.5, 0.6) is 0 Å². The Bertz CT molecular complexity index is 660. The molecule has 2 aromatic rings. The summed E-state index contributed by atoms with van der Waals surface area (Å²) < 4.78 is 7.25. The van der Waals surface area contributed by atoms with Gasteiger partial charge < -0.3 is 9.30 Å². The van der Waals surface area contributed by atoms with E-state index in [4.69, 9.17) is 16.3 Å². The number of carbonyl (C=O) groups is 1. The summed E-state index contributed by atoms with van der Waals surface area (Å²) in [5, 5.41) is 0.659. The van der Waals surface area contributed by atoms with Gasteiger partial charge in [-0.25, -0.2) is 4.98 Å². The fraction of sp³-hybridized carbons (Fsp3) is 0.500. The molecule has 114 valence electrons. The summed E-state index contributed by atoms with van der Waals surface area (Å²) in [6.45, 7) is 6.18. The molecule has 0 N–H and O–H groups in total. The Balaban J connectivity index is 2.65. The molecule has 21 heavy (non-hydrogen) atoms. The van der Waals surface area contributed by atoms with Crippen LogP contribution in [-0.4, -0.2) is 22.1 Å². The second-order valence-corrected chi connectivity index (χ2v) is 5.57. The number of halogens is 1. The van der Waals surface area contributed by atoms with E-state index < -0.39 is 5.41 Å². The van der Waals surface area contributed by atoms with Crippen molar-refractivity contribution < 1.29 is 9.53 Å². The van der Waals surface area contributed by atoms with Crippen molar-refractivity contribution in [2.45, 2.75) is 39.0 Å². The molecular formula is C16H21ClN2O2. The maximum absolute atomic E-state index is 12.5. The number of aromatic nitrogens is 2. The highest BCUT2D eigenvalue weighted by atomic mass is 35.5. The van der Waals surface area contributed by atoms with Gasteiger partial charge in [0.2, 0.25) is 0 Å². The van der Waals surface area contributed by atoms with Crippen molar-refractivity contribution in [3.8, 4) is 0 Å². The van der Waals surface area contributed by atoms with Crippen LogP contribution in [0.4, 0.5) is 0 Å². The Kier molecular flexibility index (Phi) is 4.57. The molecule has 0 aliphatic rings. The van der Waals surface area contributed by atoms with Crippen LogP contribution in [0.15, 0.2) is 18.2 Å². The Hall–Kier alpha value is -1.55. The summed E-state index contributed by atoms with van der Waals surface area (Å²) in [7, 11) is 1.92. The molecule has 4 nitrogen and oxygen atoms in total. The molecule has 0 bridgehead atoms. The quantitative estimate of drug-likeness (QED) is 0.788. The highest BCUT2D eigenvalue weighted by Crippen LogP contribution is 2.34. The molecule has 1 aromatic heterocycles. The molecule has 0 atom stereocenters. The average molecular weight is 309 g/mol. The fourth-order valence-electron chi connectivity index (χ4n) is 2.81. The smallest absolute Gasteiger partial charge is 0.319 e. The Morgan fingerprint density at radius 1 is 1.33 bits per heavy atom. The normalized spacial score (nSPS) is 11.9. The number of hydrogen-bond donors (Lipinski definition) is 0. The zero-order valence-electron chi connectivity index (χ0n) is 12.9. The topological polar surface area (TPSA) is 44.1 Å². The lowest BCUT2D eigenvalue weighted by Gasteiger charge is -2.28. The van der Waals surface area contributed by atoms with Crippen molar-refractivity contribution in [3.05, 3.63) is 29.0 Å². The van der Waals surface area contributed by atoms with Gasteiger partial charge in [-0.1, -0.05) is 25.4 Å². The number of benzene rings is 1. The third kappa shape index (κ3) is 2.53. The van der Waals surface area contributed by atoms with Crippen LogP contribution in [0.1, 0.15) is 39.4 Å². The number of aryl methyl sites for hydroxylation is 1. The predicted molar refractivity (Wildman–Crippen MR) is 84.6 cm³/mol. The van der Waals surface area contributed by atoms with Gasteiger partial charge >= 0.3 is 5.97 Å². The number of imidazole rings is 1. The lowest BCUT2D eigenvalue weighted by atomic mass is 9.81. The molecular weight excluding hydrogens is 288 g/mol. The van der Waals surface area contributed by atoms with E-state index in [0.717, 1.165) is 16.9 Å². The maximum atomic E-state index is 12.5. The van der Waals surface area contributed by atoms with E-state index in [1.54, 1.807) is 0 Å². The van der Waals surface area contributed by atoms with Gasteiger partial charge in [0.25, 0.3) is 0 Å². The minimum absolute atomic E-state index is 0.209. The number of rotatable bonds is 5. The summed E-state index contributed by atoms with van der Waals surface area (Å²) in [5.41, 5.74) is 1.05. The second-order valence-electron chi connectivity index (χ2n) is 5.14. The summed E-state index contributed by atoms with van der Waals surface area (Å²) in [6.07, 6.45) is 1.29. The van der Waals surface area contributed by atoms with Crippen LogP contribution in [-0.2, 0) is 22.0 Å². The van der Waals surface area contributed by atoms with Crippen molar-refractivity contribution >= 4 is 28.6 Å².